The summed E-state index contributed by atoms with van der Waals surface area (Å²) < 4.78 is 26.7. The zero-order valence-electron chi connectivity index (χ0n) is 11.0. The average Bonchev–Trinajstić information content (AvgIpc) is 2.42. The molecule has 0 aromatic heterocycles. The summed E-state index contributed by atoms with van der Waals surface area (Å²) in [4.78, 5) is 11.7. The highest BCUT2D eigenvalue weighted by Crippen LogP contribution is 2.19. The number of benzene rings is 1. The number of rotatable bonds is 4. The molecule has 1 fully saturated rings. The summed E-state index contributed by atoms with van der Waals surface area (Å²) >= 11 is 0. The number of halogens is 2. The lowest BCUT2D eigenvalue weighted by molar-refractivity contribution is -0.115. The lowest BCUT2D eigenvalue weighted by Gasteiger charge is -2.28. The van der Waals surface area contributed by atoms with E-state index in [0.29, 0.717) is 6.42 Å². The van der Waals surface area contributed by atoms with Crippen molar-refractivity contribution < 1.29 is 18.7 Å². The van der Waals surface area contributed by atoms with Crippen LogP contribution in [0.1, 0.15) is 25.7 Å². The second-order valence-corrected chi connectivity index (χ2v) is 4.98. The summed E-state index contributed by atoms with van der Waals surface area (Å²) in [5.74, 6) is -2.15. The molecule has 0 radical (unpaired) electrons. The van der Waals surface area contributed by atoms with Gasteiger partial charge in [0, 0.05) is 6.04 Å². The lowest BCUT2D eigenvalue weighted by Crippen LogP contribution is -2.45. The monoisotopic (exact) mass is 284 g/mol. The highest BCUT2D eigenvalue weighted by atomic mass is 19.1. The first-order valence-corrected chi connectivity index (χ1v) is 6.73. The number of carbonyl (C=O) groups is 1. The van der Waals surface area contributed by atoms with Crippen molar-refractivity contribution >= 4 is 11.6 Å². The first kappa shape index (κ1) is 14.9. The fraction of sp³-hybridized carbons (Fsp3) is 0.500. The van der Waals surface area contributed by atoms with Gasteiger partial charge in [0.05, 0.1) is 12.6 Å². The maximum Gasteiger partial charge on any atom is 0.238 e. The Morgan fingerprint density at radius 1 is 1.25 bits per heavy atom. The second kappa shape index (κ2) is 6.76. The van der Waals surface area contributed by atoms with Crippen LogP contribution in [-0.2, 0) is 4.79 Å². The summed E-state index contributed by atoms with van der Waals surface area (Å²) in [6, 6.07) is 3.25. The molecule has 0 heterocycles. The number of amides is 1. The van der Waals surface area contributed by atoms with Crippen molar-refractivity contribution in [2.24, 2.45) is 0 Å². The molecule has 0 saturated heterocycles. The van der Waals surface area contributed by atoms with Crippen LogP contribution in [0.15, 0.2) is 18.2 Å². The van der Waals surface area contributed by atoms with Gasteiger partial charge in [-0.15, -0.1) is 0 Å². The maximum atomic E-state index is 13.4. The highest BCUT2D eigenvalue weighted by Gasteiger charge is 2.23. The Hall–Kier alpha value is -1.53. The van der Waals surface area contributed by atoms with Gasteiger partial charge in [0.25, 0.3) is 0 Å². The van der Waals surface area contributed by atoms with Crippen LogP contribution >= 0.6 is 0 Å². The normalized spacial score (nSPS) is 22.6. The van der Waals surface area contributed by atoms with Gasteiger partial charge in [0.1, 0.15) is 17.3 Å². The van der Waals surface area contributed by atoms with Crippen molar-refractivity contribution in [1.82, 2.24) is 5.32 Å². The summed E-state index contributed by atoms with van der Waals surface area (Å²) in [5, 5.41) is 14.9. The van der Waals surface area contributed by atoms with Gasteiger partial charge >= 0.3 is 0 Å². The third kappa shape index (κ3) is 3.74. The third-order valence-corrected chi connectivity index (χ3v) is 3.48. The van der Waals surface area contributed by atoms with Crippen molar-refractivity contribution in [3.05, 3.63) is 29.8 Å². The van der Waals surface area contributed by atoms with Crippen LogP contribution < -0.4 is 10.6 Å². The van der Waals surface area contributed by atoms with E-state index in [1.54, 1.807) is 0 Å². The van der Waals surface area contributed by atoms with Gasteiger partial charge in [-0.1, -0.05) is 18.9 Å². The van der Waals surface area contributed by atoms with E-state index in [4.69, 9.17) is 0 Å². The van der Waals surface area contributed by atoms with E-state index in [1.807, 2.05) is 0 Å². The minimum atomic E-state index is -0.809. The number of anilines is 1. The molecule has 0 aliphatic heterocycles. The Kier molecular flexibility index (Phi) is 5.03. The molecule has 2 rings (SSSR count). The van der Waals surface area contributed by atoms with Gasteiger partial charge in [-0.2, -0.15) is 0 Å². The molecule has 3 N–H and O–H groups in total. The molecule has 20 heavy (non-hydrogen) atoms. The molecule has 1 aromatic carbocycles. The molecule has 1 amide bonds. The van der Waals surface area contributed by atoms with Crippen molar-refractivity contribution in [1.29, 1.82) is 0 Å². The molecule has 1 aliphatic rings. The van der Waals surface area contributed by atoms with Gasteiger partial charge in [-0.05, 0) is 25.0 Å². The highest BCUT2D eigenvalue weighted by molar-refractivity contribution is 5.92. The Labute approximate surface area is 116 Å². The predicted octanol–water partition coefficient (Wildman–Crippen LogP) is 1.80. The number of para-hydroxylation sites is 1. The minimum absolute atomic E-state index is 0.0878. The zero-order valence-corrected chi connectivity index (χ0v) is 11.0. The zero-order chi connectivity index (χ0) is 14.5. The number of nitrogens with one attached hydrogen (secondary N) is 2. The van der Waals surface area contributed by atoms with Crippen molar-refractivity contribution in [3.63, 3.8) is 0 Å². The molecule has 1 aliphatic carbocycles. The van der Waals surface area contributed by atoms with E-state index in [0.717, 1.165) is 31.4 Å². The largest absolute Gasteiger partial charge is 0.392 e. The number of aliphatic hydroxyl groups excluding tert-OH is 1. The molecular weight excluding hydrogens is 266 g/mol. The van der Waals surface area contributed by atoms with E-state index in [9.17, 15) is 18.7 Å². The molecule has 2 unspecified atom stereocenters. The van der Waals surface area contributed by atoms with Crippen molar-refractivity contribution in [3.8, 4) is 0 Å². The topological polar surface area (TPSA) is 61.4 Å². The van der Waals surface area contributed by atoms with Crippen LogP contribution in [0.25, 0.3) is 0 Å². The first-order valence-electron chi connectivity index (χ1n) is 6.73. The average molecular weight is 284 g/mol. The van der Waals surface area contributed by atoms with Crippen LogP contribution in [0, 0.1) is 11.6 Å². The van der Waals surface area contributed by atoms with Gasteiger partial charge in [0.15, 0.2) is 0 Å². The Morgan fingerprint density at radius 3 is 2.55 bits per heavy atom. The lowest BCUT2D eigenvalue weighted by atomic mass is 9.92. The van der Waals surface area contributed by atoms with Crippen LogP contribution in [0.4, 0.5) is 14.5 Å². The Morgan fingerprint density at radius 2 is 1.90 bits per heavy atom. The smallest absolute Gasteiger partial charge is 0.238 e. The number of hydrogen-bond donors (Lipinski definition) is 3. The minimum Gasteiger partial charge on any atom is -0.392 e. The second-order valence-electron chi connectivity index (χ2n) is 4.98. The van der Waals surface area contributed by atoms with Crippen molar-refractivity contribution in [2.75, 3.05) is 11.9 Å². The maximum absolute atomic E-state index is 13.4. The molecule has 110 valence electrons. The van der Waals surface area contributed by atoms with Gasteiger partial charge < -0.3 is 15.7 Å². The van der Waals surface area contributed by atoms with Crippen LogP contribution in [0.2, 0.25) is 0 Å². The number of carbonyl (C=O) groups excluding carboxylic acids is 1. The van der Waals surface area contributed by atoms with Gasteiger partial charge in [0.2, 0.25) is 5.91 Å². The van der Waals surface area contributed by atoms with E-state index in [-0.39, 0.29) is 12.6 Å². The van der Waals surface area contributed by atoms with E-state index in [1.165, 1.54) is 6.07 Å². The summed E-state index contributed by atoms with van der Waals surface area (Å²) in [5.41, 5.74) is -0.441. The summed E-state index contributed by atoms with van der Waals surface area (Å²) in [6.07, 6.45) is 3.01. The van der Waals surface area contributed by atoms with E-state index < -0.39 is 29.3 Å². The Balaban J connectivity index is 1.86. The molecular formula is C14H18F2N2O2. The van der Waals surface area contributed by atoms with Crippen LogP contribution in [0.3, 0.4) is 0 Å². The van der Waals surface area contributed by atoms with Crippen molar-refractivity contribution in [2.45, 2.75) is 37.8 Å². The summed E-state index contributed by atoms with van der Waals surface area (Å²) in [6.45, 7) is -0.0878. The van der Waals surface area contributed by atoms with Crippen LogP contribution in [0.5, 0.6) is 0 Å². The number of hydrogen-bond acceptors (Lipinski definition) is 3. The molecule has 4 nitrogen and oxygen atoms in total. The van der Waals surface area contributed by atoms with Crippen LogP contribution in [-0.4, -0.2) is 29.7 Å². The quantitative estimate of drug-likeness (QED) is 0.790. The fourth-order valence-corrected chi connectivity index (χ4v) is 2.37. The van der Waals surface area contributed by atoms with E-state index >= 15 is 0 Å². The molecule has 0 bridgehead atoms. The molecule has 1 saturated carbocycles. The van der Waals surface area contributed by atoms with E-state index in [2.05, 4.69) is 10.6 Å². The molecule has 0 spiro atoms. The first-order chi connectivity index (χ1) is 9.58. The fourth-order valence-electron chi connectivity index (χ4n) is 2.37. The standard InChI is InChI=1S/C14H18F2N2O2/c15-9-4-3-5-10(16)14(9)18-13(20)8-17-11-6-1-2-7-12(11)19/h3-5,11-12,17,19H,1-2,6-8H2,(H,18,20). The SMILES string of the molecule is O=C(CNC1CCCCC1O)Nc1c(F)cccc1F. The molecule has 1 aromatic rings. The molecule has 6 heteroatoms. The predicted molar refractivity (Wildman–Crippen MR) is 71.3 cm³/mol. The molecule has 2 atom stereocenters. The Bertz CT molecular complexity index is 462. The number of aliphatic hydroxyl groups is 1. The van der Waals surface area contributed by atoms with Gasteiger partial charge in [-0.3, -0.25) is 4.79 Å². The summed E-state index contributed by atoms with van der Waals surface area (Å²) in [7, 11) is 0. The van der Waals surface area contributed by atoms with Gasteiger partial charge in [-0.25, -0.2) is 8.78 Å². The third-order valence-electron chi connectivity index (χ3n) is 3.48.